The van der Waals surface area contributed by atoms with E-state index in [0.717, 1.165) is 6.20 Å². The number of benzene rings is 1. The van der Waals surface area contributed by atoms with Crippen molar-refractivity contribution in [2.24, 2.45) is 0 Å². The normalized spacial score (nSPS) is 12.6. The van der Waals surface area contributed by atoms with Gasteiger partial charge in [0.2, 0.25) is 5.89 Å². The van der Waals surface area contributed by atoms with Gasteiger partial charge in [-0.3, -0.25) is 0 Å². The van der Waals surface area contributed by atoms with Gasteiger partial charge in [0.25, 0.3) is 5.89 Å². The van der Waals surface area contributed by atoms with Gasteiger partial charge >= 0.3 is 6.18 Å². The monoisotopic (exact) mass is 533 g/mol. The first-order valence-electron chi connectivity index (χ1n) is 11.0. The van der Waals surface area contributed by atoms with Crippen LogP contribution in [0.15, 0.2) is 63.2 Å². The molecule has 0 aliphatic heterocycles. The highest BCUT2D eigenvalue weighted by Crippen LogP contribution is 2.45. The van der Waals surface area contributed by atoms with E-state index < -0.39 is 23.3 Å². The number of hydrogen-bond donors (Lipinski definition) is 0. The van der Waals surface area contributed by atoms with Gasteiger partial charge in [-0.05, 0) is 37.1 Å². The molecule has 3 heterocycles. The third kappa shape index (κ3) is 5.12. The van der Waals surface area contributed by atoms with Gasteiger partial charge in [-0.2, -0.15) is 18.3 Å². The van der Waals surface area contributed by atoms with Crippen LogP contribution in [0.5, 0.6) is 0 Å². The van der Waals surface area contributed by atoms with Crippen LogP contribution in [0.2, 0.25) is 0 Å². The van der Waals surface area contributed by atoms with Crippen molar-refractivity contribution in [3.8, 4) is 34.0 Å². The van der Waals surface area contributed by atoms with Gasteiger partial charge in [0.05, 0.1) is 11.8 Å². The molecular formula is C25H20ClF4N5O2. The lowest BCUT2D eigenvalue weighted by Gasteiger charge is -2.12. The second-order valence-corrected chi connectivity index (χ2v) is 8.40. The maximum Gasteiger partial charge on any atom is 0.434 e. The lowest BCUT2D eigenvalue weighted by Crippen LogP contribution is -2.14. The van der Waals surface area contributed by atoms with E-state index in [1.807, 2.05) is 6.92 Å². The Balaban J connectivity index is 2.00. The van der Waals surface area contributed by atoms with Crippen molar-refractivity contribution in [1.82, 2.24) is 25.1 Å². The van der Waals surface area contributed by atoms with E-state index >= 15 is 4.39 Å². The highest BCUT2D eigenvalue weighted by Gasteiger charge is 2.42. The summed E-state index contributed by atoms with van der Waals surface area (Å²) in [6, 6.07) is 4.44. The Morgan fingerprint density at radius 2 is 1.97 bits per heavy atom. The van der Waals surface area contributed by atoms with E-state index in [1.54, 1.807) is 6.07 Å². The van der Waals surface area contributed by atoms with Crippen LogP contribution in [0, 0.1) is 12.7 Å². The van der Waals surface area contributed by atoms with Gasteiger partial charge in [0, 0.05) is 23.2 Å². The minimum atomic E-state index is -4.86. The summed E-state index contributed by atoms with van der Waals surface area (Å²) in [7, 11) is 0. The highest BCUT2D eigenvalue weighted by molar-refractivity contribution is 6.30. The minimum Gasteiger partial charge on any atom is -0.421 e. The largest absolute Gasteiger partial charge is 0.434 e. The number of halogens is 5. The summed E-state index contributed by atoms with van der Waals surface area (Å²) in [4.78, 5) is 0. The molecule has 12 heteroatoms. The SMILES string of the molecule is C=C(Cl)/C=C\C=C(/C)n1ncc(-c2onc(-c3c(F)cccc3CC)c2-c2nnc(C)o2)c1C(F)(F)F. The standard InChI is InChI=1S/C25H20ClF4N5O2/c1-5-16-10-7-11-18(27)19(16)21-20(24-33-32-15(4)36-24)22(37-34-21)17-12-31-35(23(17)25(28,29)30)14(3)9-6-8-13(2)26/h6-12H,2,5H2,1,3-4H3/b8-6-,14-9+. The average molecular weight is 534 g/mol. The second-order valence-electron chi connectivity index (χ2n) is 7.92. The molecule has 0 amide bonds. The van der Waals surface area contributed by atoms with Crippen molar-refractivity contribution in [2.45, 2.75) is 33.4 Å². The van der Waals surface area contributed by atoms with E-state index in [9.17, 15) is 13.2 Å². The molecule has 0 bridgehead atoms. The summed E-state index contributed by atoms with van der Waals surface area (Å²) < 4.78 is 69.8. The van der Waals surface area contributed by atoms with Gasteiger partial charge in [0.15, 0.2) is 11.5 Å². The fraction of sp³-hybridized carbons (Fsp3) is 0.200. The quantitative estimate of drug-likeness (QED) is 0.181. The maximum absolute atomic E-state index is 15.0. The lowest BCUT2D eigenvalue weighted by atomic mass is 9.97. The number of rotatable bonds is 7. The van der Waals surface area contributed by atoms with Crippen LogP contribution in [0.4, 0.5) is 17.6 Å². The first kappa shape index (κ1) is 26.1. The van der Waals surface area contributed by atoms with Crippen LogP contribution in [0.1, 0.15) is 31.0 Å². The first-order chi connectivity index (χ1) is 17.5. The summed E-state index contributed by atoms with van der Waals surface area (Å²) in [5.41, 5.74) is -0.959. The zero-order valence-electron chi connectivity index (χ0n) is 19.9. The summed E-state index contributed by atoms with van der Waals surface area (Å²) in [5.74, 6) is -1.00. The topological polar surface area (TPSA) is 82.8 Å². The van der Waals surface area contributed by atoms with Gasteiger partial charge in [-0.25, -0.2) is 9.07 Å². The molecule has 1 aromatic carbocycles. The minimum absolute atomic E-state index is 0.0642. The average Bonchev–Trinajstić information content (AvgIpc) is 3.55. The van der Waals surface area contributed by atoms with E-state index in [1.165, 1.54) is 44.2 Å². The second kappa shape index (κ2) is 10.2. The summed E-state index contributed by atoms with van der Waals surface area (Å²) in [6.07, 6.45) is 0.804. The Kier molecular flexibility index (Phi) is 7.17. The van der Waals surface area contributed by atoms with Gasteiger partial charge in [-0.15, -0.1) is 10.2 Å². The van der Waals surface area contributed by atoms with Crippen LogP contribution in [0.25, 0.3) is 39.7 Å². The third-order valence-corrected chi connectivity index (χ3v) is 5.51. The van der Waals surface area contributed by atoms with Gasteiger partial charge in [0.1, 0.15) is 17.1 Å². The van der Waals surface area contributed by atoms with Crippen molar-refractivity contribution in [3.05, 3.63) is 77.2 Å². The molecule has 0 saturated carbocycles. The van der Waals surface area contributed by atoms with Crippen LogP contribution in [0.3, 0.4) is 0 Å². The van der Waals surface area contributed by atoms with Gasteiger partial charge in [-0.1, -0.05) is 48.5 Å². The lowest BCUT2D eigenvalue weighted by molar-refractivity contribution is -0.142. The Bertz CT molecular complexity index is 1530. The van der Waals surface area contributed by atoms with Crippen LogP contribution in [-0.2, 0) is 12.6 Å². The van der Waals surface area contributed by atoms with E-state index in [2.05, 4.69) is 27.0 Å². The highest BCUT2D eigenvalue weighted by atomic mass is 35.5. The van der Waals surface area contributed by atoms with Gasteiger partial charge < -0.3 is 8.94 Å². The first-order valence-corrected chi connectivity index (χ1v) is 11.3. The molecule has 192 valence electrons. The van der Waals surface area contributed by atoms with Crippen LogP contribution < -0.4 is 0 Å². The number of nitrogens with zero attached hydrogens (tertiary/aromatic N) is 5. The summed E-state index contributed by atoms with van der Waals surface area (Å²) >= 11 is 5.68. The van der Waals surface area contributed by atoms with Crippen LogP contribution >= 0.6 is 11.6 Å². The number of hydrogen-bond acceptors (Lipinski definition) is 6. The van der Waals surface area contributed by atoms with Crippen LogP contribution in [-0.4, -0.2) is 25.1 Å². The Hall–Kier alpha value is -3.99. The van der Waals surface area contributed by atoms with Crippen molar-refractivity contribution in [2.75, 3.05) is 0 Å². The Labute approximate surface area is 213 Å². The fourth-order valence-electron chi connectivity index (χ4n) is 3.79. The zero-order valence-corrected chi connectivity index (χ0v) is 20.7. The maximum atomic E-state index is 15.0. The molecule has 0 atom stereocenters. The number of alkyl halides is 3. The molecule has 4 rings (SSSR count). The van der Waals surface area contributed by atoms with Crippen molar-refractivity contribution < 1.29 is 26.5 Å². The molecule has 3 aromatic heterocycles. The molecule has 0 radical (unpaired) electrons. The van der Waals surface area contributed by atoms with Crippen molar-refractivity contribution in [3.63, 3.8) is 0 Å². The molecule has 0 aliphatic rings. The molecule has 0 fully saturated rings. The fourth-order valence-corrected chi connectivity index (χ4v) is 3.86. The molecule has 37 heavy (non-hydrogen) atoms. The number of aryl methyl sites for hydroxylation is 2. The molecule has 0 unspecified atom stereocenters. The molecule has 4 aromatic rings. The summed E-state index contributed by atoms with van der Waals surface area (Å²) in [6.45, 7) is 8.26. The molecule has 0 aliphatic carbocycles. The van der Waals surface area contributed by atoms with Crippen molar-refractivity contribution >= 4 is 17.3 Å². The molecule has 0 spiro atoms. The van der Waals surface area contributed by atoms with E-state index in [4.69, 9.17) is 20.5 Å². The predicted octanol–water partition coefficient (Wildman–Crippen LogP) is 7.45. The Morgan fingerprint density at radius 3 is 2.59 bits per heavy atom. The molecule has 7 nitrogen and oxygen atoms in total. The molecule has 0 saturated heterocycles. The predicted molar refractivity (Wildman–Crippen MR) is 130 cm³/mol. The van der Waals surface area contributed by atoms with E-state index in [0.29, 0.717) is 16.7 Å². The Morgan fingerprint density at radius 1 is 1.22 bits per heavy atom. The third-order valence-electron chi connectivity index (χ3n) is 5.38. The zero-order chi connectivity index (χ0) is 26.9. The smallest absolute Gasteiger partial charge is 0.421 e. The van der Waals surface area contributed by atoms with Crippen molar-refractivity contribution in [1.29, 1.82) is 0 Å². The van der Waals surface area contributed by atoms with E-state index in [-0.39, 0.29) is 45.1 Å². The molecule has 0 N–H and O–H groups in total. The number of allylic oxidation sites excluding steroid dienone is 5. The summed E-state index contributed by atoms with van der Waals surface area (Å²) in [5, 5.41) is 15.8. The number of aromatic nitrogens is 5. The molecular weight excluding hydrogens is 514 g/mol.